The lowest BCUT2D eigenvalue weighted by atomic mass is 10.1. The van der Waals surface area contributed by atoms with Crippen molar-refractivity contribution in [3.05, 3.63) is 52.3 Å². The topological polar surface area (TPSA) is 58.6 Å². The second kappa shape index (κ2) is 8.70. The maximum Gasteiger partial charge on any atom is 0.197 e. The Labute approximate surface area is 168 Å². The van der Waals surface area contributed by atoms with Gasteiger partial charge in [0.25, 0.3) is 0 Å². The molecule has 1 N–H and O–H groups in total. The van der Waals surface area contributed by atoms with Gasteiger partial charge < -0.3 is 4.98 Å². The molecule has 0 saturated heterocycles. The molecule has 3 aromatic rings. The zero-order valence-corrected chi connectivity index (χ0v) is 19.1. The molecule has 1 atom stereocenters. The van der Waals surface area contributed by atoms with Crippen LogP contribution in [0.2, 0.25) is 0 Å². The smallest absolute Gasteiger partial charge is 0.197 e. The first-order valence-corrected chi connectivity index (χ1v) is 15.0. The van der Waals surface area contributed by atoms with Crippen molar-refractivity contribution in [1.29, 1.82) is 0 Å². The monoisotopic (exact) mass is 567 g/mol. The number of hydrogen-bond acceptors (Lipinski definition) is 3. The molecule has 0 saturated carbocycles. The lowest BCUT2D eigenvalue weighted by molar-refractivity contribution is 0.676. The number of aromatic nitrogens is 3. The highest BCUT2D eigenvalue weighted by Crippen LogP contribution is 2.19. The van der Waals surface area contributed by atoms with Crippen molar-refractivity contribution in [2.75, 3.05) is 0 Å². The summed E-state index contributed by atoms with van der Waals surface area (Å²) in [5.41, 5.74) is 7.28. The number of benzene rings is 1. The molecule has 0 amide bonds. The Morgan fingerprint density at radius 1 is 1.12 bits per heavy atom. The first-order valence-electron chi connectivity index (χ1n) is 7.36. The van der Waals surface area contributed by atoms with Crippen LogP contribution in [0.3, 0.4) is 0 Å². The quantitative estimate of drug-likeness (QED) is 0.439. The Kier molecular flexibility index (Phi) is 7.17. The summed E-state index contributed by atoms with van der Waals surface area (Å²) in [6.07, 6.45) is 1.84. The van der Waals surface area contributed by atoms with Gasteiger partial charge in [-0.1, -0.05) is 6.07 Å². The molecule has 24 heavy (non-hydrogen) atoms. The molecule has 1 aromatic carbocycles. The minimum Gasteiger partial charge on any atom is -0.331 e. The van der Waals surface area contributed by atoms with Gasteiger partial charge in [0.05, 0.1) is 33.3 Å². The molecule has 1 unspecified atom stereocenters. The van der Waals surface area contributed by atoms with E-state index in [0.717, 1.165) is 33.4 Å². The zero-order valence-electron chi connectivity index (χ0n) is 14.0. The van der Waals surface area contributed by atoms with Gasteiger partial charge >= 0.3 is 0 Å². The van der Waals surface area contributed by atoms with Crippen LogP contribution in [0.4, 0.5) is 0 Å². The molecule has 0 bridgehead atoms. The van der Waals surface area contributed by atoms with E-state index in [1.54, 1.807) is 0 Å². The van der Waals surface area contributed by atoms with E-state index in [-0.39, 0.29) is 0 Å². The van der Waals surface area contributed by atoms with Crippen LogP contribution in [-0.2, 0) is 16.6 Å². The highest BCUT2D eigenvalue weighted by molar-refractivity contribution is 15.0. The van der Waals surface area contributed by atoms with Crippen LogP contribution in [0.1, 0.15) is 27.9 Å². The number of H-pyrrole nitrogens is 1. The Morgan fingerprint density at radius 3 is 2.54 bits per heavy atom. The minimum atomic E-state index is -1.23. The number of hydrogen-bond donors (Lipinski definition) is 1. The number of rotatable bonds is 3. The number of pyridine rings is 1. The molecule has 7 heteroatoms. The van der Waals surface area contributed by atoms with Gasteiger partial charge in [-0.25, -0.2) is 4.98 Å². The maximum atomic E-state index is 12.6. The summed E-state index contributed by atoms with van der Waals surface area (Å²) in [7, 11) is -1.23. The highest BCUT2D eigenvalue weighted by atomic mass is 128. The predicted octanol–water partition coefficient (Wildman–Crippen LogP) is 5.27. The fourth-order valence-corrected chi connectivity index (χ4v) is 3.53. The third kappa shape index (κ3) is 4.34. The first-order chi connectivity index (χ1) is 11.5. The molecule has 128 valence electrons. The Morgan fingerprint density at radius 2 is 1.83 bits per heavy atom. The van der Waals surface area contributed by atoms with Crippen molar-refractivity contribution >= 4 is 59.1 Å². The van der Waals surface area contributed by atoms with Gasteiger partial charge in [-0.2, -0.15) is 0 Å². The van der Waals surface area contributed by atoms with Gasteiger partial charge in [-0.05, 0) is 62.1 Å². The molecule has 0 radical (unpaired) electrons. The molecule has 0 aliphatic carbocycles. The number of aromatic amines is 1. The van der Waals surface area contributed by atoms with Crippen molar-refractivity contribution in [3.8, 4) is 0 Å². The zero-order chi connectivity index (χ0) is 17.9. The van der Waals surface area contributed by atoms with Crippen molar-refractivity contribution < 1.29 is 4.21 Å². The summed E-state index contributed by atoms with van der Waals surface area (Å²) in [5.74, 6) is 0.381. The third-order valence-corrected chi connectivity index (χ3v) is 5.26. The van der Waals surface area contributed by atoms with E-state index in [0.29, 0.717) is 10.9 Å². The normalized spacial score (nSPS) is 11.9. The van der Waals surface area contributed by atoms with E-state index < -0.39 is 10.8 Å². The summed E-state index contributed by atoms with van der Waals surface area (Å²) in [4.78, 5) is 12.0. The number of halogens is 2. The number of nitrogens with zero attached hydrogens (tertiary/aromatic N) is 2. The van der Waals surface area contributed by atoms with Crippen molar-refractivity contribution in [3.63, 3.8) is 0 Å². The molecule has 2 aromatic heterocycles. The van der Waals surface area contributed by atoms with Gasteiger partial charge in [-0.15, -0.1) is 0 Å². The molecule has 0 spiro atoms. The number of aryl methyl sites for hydroxylation is 2. The lowest BCUT2D eigenvalue weighted by Gasteiger charge is -2.09. The maximum absolute atomic E-state index is 12.6. The molecule has 4 nitrogen and oxygen atoms in total. The van der Waals surface area contributed by atoms with Gasteiger partial charge in [0, 0.05) is 43.4 Å². The highest BCUT2D eigenvalue weighted by Gasteiger charge is 2.14. The summed E-state index contributed by atoms with van der Waals surface area (Å²) in [6.45, 7) is 8.17. The third-order valence-electron chi connectivity index (χ3n) is 4.10. The molecule has 0 aliphatic rings. The minimum absolute atomic E-state index is 0.381. The standard InChI is InChI=1S/C17H19N3OS.I2/c1-10-5-6-14-15(7-10)20-17(19-14)22(21)9-16-13(4)12(3)11(2)8-18-16;1-2/h5-8H,9H2,1-4H3,(H,19,20);. The largest absolute Gasteiger partial charge is 0.331 e. The van der Waals surface area contributed by atoms with E-state index in [9.17, 15) is 4.21 Å². The van der Waals surface area contributed by atoms with Crippen molar-refractivity contribution in [1.82, 2.24) is 15.0 Å². The molecule has 3 rings (SSSR count). The van der Waals surface area contributed by atoms with E-state index in [1.165, 1.54) is 5.56 Å². The van der Waals surface area contributed by atoms with Gasteiger partial charge in [-0.3, -0.25) is 9.19 Å². The van der Waals surface area contributed by atoms with E-state index in [1.807, 2.05) is 45.2 Å². The van der Waals surface area contributed by atoms with Gasteiger partial charge in [0.2, 0.25) is 0 Å². The second-order valence-corrected chi connectivity index (χ2v) is 7.06. The van der Waals surface area contributed by atoms with Crippen LogP contribution in [-0.4, -0.2) is 19.2 Å². The predicted molar refractivity (Wildman–Crippen MR) is 117 cm³/mol. The van der Waals surface area contributed by atoms with E-state index in [4.69, 9.17) is 0 Å². The van der Waals surface area contributed by atoms with Gasteiger partial charge in [0.15, 0.2) is 5.16 Å². The summed E-state index contributed by atoms with van der Waals surface area (Å²) in [5, 5.41) is 0.514. The average molecular weight is 567 g/mol. The van der Waals surface area contributed by atoms with E-state index >= 15 is 0 Å². The SMILES string of the molecule is Cc1ccc2nc(S(=O)Cc3ncc(C)c(C)c3C)[nH]c2c1.II. The van der Waals surface area contributed by atoms with Gasteiger partial charge in [0.1, 0.15) is 0 Å². The lowest BCUT2D eigenvalue weighted by Crippen LogP contribution is -2.04. The summed E-state index contributed by atoms with van der Waals surface area (Å²) in [6, 6.07) is 5.97. The van der Waals surface area contributed by atoms with E-state index in [2.05, 4.69) is 59.1 Å². The fraction of sp³-hybridized carbons (Fsp3) is 0.294. The Hall–Kier alpha value is -0.550. The molecular weight excluding hydrogens is 548 g/mol. The van der Waals surface area contributed by atoms with Crippen LogP contribution >= 0.6 is 37.2 Å². The fourth-order valence-electron chi connectivity index (χ4n) is 2.43. The Balaban J connectivity index is 0.00000100. The molecular formula is C17H19I2N3OS. The average Bonchev–Trinajstić information content (AvgIpc) is 3.00. The van der Waals surface area contributed by atoms with Crippen LogP contribution in [0.5, 0.6) is 0 Å². The van der Waals surface area contributed by atoms with Crippen LogP contribution in [0.25, 0.3) is 11.0 Å². The van der Waals surface area contributed by atoms with Crippen molar-refractivity contribution in [2.24, 2.45) is 0 Å². The van der Waals surface area contributed by atoms with Crippen LogP contribution in [0, 0.1) is 27.7 Å². The number of imidazole rings is 1. The summed E-state index contributed by atoms with van der Waals surface area (Å²) < 4.78 is 12.6. The summed E-state index contributed by atoms with van der Waals surface area (Å²) >= 11 is 4.24. The van der Waals surface area contributed by atoms with Crippen LogP contribution < -0.4 is 0 Å². The number of nitrogens with one attached hydrogen (secondary N) is 1. The van der Waals surface area contributed by atoms with Crippen molar-refractivity contribution in [2.45, 2.75) is 38.6 Å². The second-order valence-electron chi connectivity index (χ2n) is 5.69. The van der Waals surface area contributed by atoms with Crippen LogP contribution in [0.15, 0.2) is 29.6 Å². The first kappa shape index (κ1) is 19.8. The Bertz CT molecular complexity index is 893. The molecule has 0 fully saturated rings. The number of fused-ring (bicyclic) bond motifs is 1. The molecule has 0 aliphatic heterocycles. The molecule has 2 heterocycles.